The molecule has 0 aliphatic carbocycles. The Morgan fingerprint density at radius 2 is 1.53 bits per heavy atom. The number of rotatable bonds is 7. The van der Waals surface area contributed by atoms with Crippen LogP contribution in [0.2, 0.25) is 0 Å². The Balaban J connectivity index is 3.34. The highest BCUT2D eigenvalue weighted by Gasteiger charge is 2.17. The Bertz CT molecular complexity index is 458. The number of hydrogen-bond donors (Lipinski definition) is 0. The molecule has 0 saturated heterocycles. The first-order chi connectivity index (χ1) is 9.17. The molecule has 1 aromatic carbocycles. The van der Waals surface area contributed by atoms with E-state index in [-0.39, 0.29) is 0 Å². The maximum absolute atomic E-state index is 11.6. The van der Waals surface area contributed by atoms with Gasteiger partial charge in [0.05, 0.1) is 19.8 Å². The van der Waals surface area contributed by atoms with Gasteiger partial charge in [0.1, 0.15) is 0 Å². The van der Waals surface area contributed by atoms with Gasteiger partial charge in [-0.25, -0.2) is 0 Å². The summed E-state index contributed by atoms with van der Waals surface area (Å²) in [5.41, 5.74) is 0.359. The SMILES string of the molecule is C#CC(=O)c1cc(OCC)c(OCC)c(OCC)c1. The van der Waals surface area contributed by atoms with Gasteiger partial charge in [0, 0.05) is 5.56 Å². The van der Waals surface area contributed by atoms with Crippen LogP contribution in [0.25, 0.3) is 0 Å². The van der Waals surface area contributed by atoms with Crippen LogP contribution < -0.4 is 14.2 Å². The highest BCUT2D eigenvalue weighted by molar-refractivity contribution is 6.09. The molecular weight excluding hydrogens is 244 g/mol. The van der Waals surface area contributed by atoms with Gasteiger partial charge in [-0.05, 0) is 38.8 Å². The molecule has 4 heteroatoms. The van der Waals surface area contributed by atoms with Crippen molar-refractivity contribution in [2.24, 2.45) is 0 Å². The van der Waals surface area contributed by atoms with Crippen molar-refractivity contribution in [1.82, 2.24) is 0 Å². The third-order valence-corrected chi connectivity index (χ3v) is 2.30. The summed E-state index contributed by atoms with van der Waals surface area (Å²) in [6.45, 7) is 6.96. The molecule has 0 aliphatic heterocycles. The zero-order valence-corrected chi connectivity index (χ0v) is 11.5. The fourth-order valence-corrected chi connectivity index (χ4v) is 1.60. The van der Waals surface area contributed by atoms with Crippen molar-refractivity contribution in [2.45, 2.75) is 20.8 Å². The fourth-order valence-electron chi connectivity index (χ4n) is 1.60. The van der Waals surface area contributed by atoms with Gasteiger partial charge in [0.2, 0.25) is 11.5 Å². The van der Waals surface area contributed by atoms with E-state index in [1.165, 1.54) is 0 Å². The Kier molecular flexibility index (Phi) is 5.74. The Labute approximate surface area is 113 Å². The van der Waals surface area contributed by atoms with Crippen LogP contribution in [0.4, 0.5) is 0 Å². The molecule has 19 heavy (non-hydrogen) atoms. The lowest BCUT2D eigenvalue weighted by atomic mass is 10.1. The van der Waals surface area contributed by atoms with E-state index >= 15 is 0 Å². The summed E-state index contributed by atoms with van der Waals surface area (Å²) >= 11 is 0. The van der Waals surface area contributed by atoms with Gasteiger partial charge in [-0.1, -0.05) is 0 Å². The predicted molar refractivity (Wildman–Crippen MR) is 73.1 cm³/mol. The van der Waals surface area contributed by atoms with Crippen molar-refractivity contribution in [2.75, 3.05) is 19.8 Å². The van der Waals surface area contributed by atoms with Crippen molar-refractivity contribution in [3.63, 3.8) is 0 Å². The van der Waals surface area contributed by atoms with Crippen LogP contribution in [0.3, 0.4) is 0 Å². The summed E-state index contributed by atoms with van der Waals surface area (Å²) < 4.78 is 16.5. The summed E-state index contributed by atoms with van der Waals surface area (Å²) in [4.78, 5) is 11.6. The van der Waals surface area contributed by atoms with Crippen molar-refractivity contribution in [3.05, 3.63) is 17.7 Å². The van der Waals surface area contributed by atoms with Gasteiger partial charge < -0.3 is 14.2 Å². The Morgan fingerprint density at radius 1 is 1.05 bits per heavy atom. The topological polar surface area (TPSA) is 44.8 Å². The number of carbonyl (C=O) groups excluding carboxylic acids is 1. The molecule has 0 atom stereocenters. The van der Waals surface area contributed by atoms with Crippen LogP contribution in [0.5, 0.6) is 17.2 Å². The monoisotopic (exact) mass is 262 g/mol. The van der Waals surface area contributed by atoms with Crippen LogP contribution in [0.1, 0.15) is 31.1 Å². The highest BCUT2D eigenvalue weighted by atomic mass is 16.5. The number of terminal acetylenes is 1. The van der Waals surface area contributed by atoms with Gasteiger partial charge in [-0.2, -0.15) is 0 Å². The minimum absolute atomic E-state index is 0.359. The van der Waals surface area contributed by atoms with Crippen molar-refractivity contribution >= 4 is 5.78 Å². The van der Waals surface area contributed by atoms with E-state index in [0.717, 1.165) is 0 Å². The minimum Gasteiger partial charge on any atom is -0.490 e. The average molecular weight is 262 g/mol. The van der Waals surface area contributed by atoms with Crippen LogP contribution in [0.15, 0.2) is 12.1 Å². The summed E-state index contributed by atoms with van der Waals surface area (Å²) in [6.07, 6.45) is 5.14. The van der Waals surface area contributed by atoms with Crippen molar-refractivity contribution in [1.29, 1.82) is 0 Å². The second-order valence-electron chi connectivity index (χ2n) is 3.57. The lowest BCUT2D eigenvalue weighted by Gasteiger charge is -2.16. The predicted octanol–water partition coefficient (Wildman–Crippen LogP) is 2.70. The normalized spacial score (nSPS) is 9.58. The highest BCUT2D eigenvalue weighted by Crippen LogP contribution is 2.39. The van der Waals surface area contributed by atoms with Crippen LogP contribution in [0, 0.1) is 12.3 Å². The van der Waals surface area contributed by atoms with Gasteiger partial charge in [-0.3, -0.25) is 4.79 Å². The van der Waals surface area contributed by atoms with Gasteiger partial charge in [-0.15, -0.1) is 6.42 Å². The van der Waals surface area contributed by atoms with Gasteiger partial charge >= 0.3 is 0 Å². The molecular formula is C15H18O4. The first-order valence-electron chi connectivity index (χ1n) is 6.25. The number of ketones is 1. The lowest BCUT2D eigenvalue weighted by molar-refractivity contribution is 0.105. The number of Topliss-reactive ketones (excluding diaryl/α,β-unsaturated/α-hetero) is 1. The molecule has 4 nitrogen and oxygen atoms in total. The molecule has 0 fully saturated rings. The molecule has 0 aliphatic rings. The summed E-state index contributed by atoms with van der Waals surface area (Å²) in [6, 6.07) is 3.17. The van der Waals surface area contributed by atoms with E-state index in [1.807, 2.05) is 20.8 Å². The molecule has 0 bridgehead atoms. The lowest BCUT2D eigenvalue weighted by Crippen LogP contribution is -2.05. The standard InChI is InChI=1S/C15H18O4/c1-5-12(16)11-9-13(17-6-2)15(19-8-4)14(10-11)18-7-3/h1,9-10H,6-8H2,2-4H3. The van der Waals surface area contributed by atoms with E-state index < -0.39 is 5.78 Å². The van der Waals surface area contributed by atoms with E-state index in [1.54, 1.807) is 12.1 Å². The molecule has 1 rings (SSSR count). The van der Waals surface area contributed by atoms with Gasteiger partial charge in [0.15, 0.2) is 11.5 Å². The summed E-state index contributed by atoms with van der Waals surface area (Å²) in [5, 5.41) is 0. The zero-order chi connectivity index (χ0) is 14.3. The molecule has 102 valence electrons. The number of ether oxygens (including phenoxy) is 3. The quantitative estimate of drug-likeness (QED) is 0.430. The Hall–Kier alpha value is -2.15. The maximum Gasteiger partial charge on any atom is 0.235 e. The van der Waals surface area contributed by atoms with Crippen LogP contribution in [-0.2, 0) is 0 Å². The molecule has 0 radical (unpaired) electrons. The molecule has 0 amide bonds. The number of hydrogen-bond acceptors (Lipinski definition) is 4. The van der Waals surface area contributed by atoms with Crippen molar-refractivity contribution in [3.8, 4) is 29.6 Å². The van der Waals surface area contributed by atoms with E-state index in [4.69, 9.17) is 20.6 Å². The minimum atomic E-state index is -0.412. The maximum atomic E-state index is 11.6. The largest absolute Gasteiger partial charge is 0.490 e. The second kappa shape index (κ2) is 7.32. The molecule has 0 N–H and O–H groups in total. The summed E-state index contributed by atoms with van der Waals surface area (Å²) in [5.74, 6) is 3.10. The molecule has 0 heterocycles. The average Bonchev–Trinajstić information content (AvgIpc) is 2.41. The second-order valence-corrected chi connectivity index (χ2v) is 3.57. The third kappa shape index (κ3) is 3.65. The first kappa shape index (κ1) is 14.9. The van der Waals surface area contributed by atoms with Crippen LogP contribution in [-0.4, -0.2) is 25.6 Å². The van der Waals surface area contributed by atoms with Gasteiger partial charge in [0.25, 0.3) is 0 Å². The van der Waals surface area contributed by atoms with E-state index in [2.05, 4.69) is 5.92 Å². The Morgan fingerprint density at radius 3 is 1.89 bits per heavy atom. The fraction of sp³-hybridized carbons (Fsp3) is 0.400. The van der Waals surface area contributed by atoms with E-state index in [9.17, 15) is 4.79 Å². The molecule has 0 spiro atoms. The number of carbonyl (C=O) groups is 1. The van der Waals surface area contributed by atoms with E-state index in [0.29, 0.717) is 42.6 Å². The third-order valence-electron chi connectivity index (χ3n) is 2.30. The summed E-state index contributed by atoms with van der Waals surface area (Å²) in [7, 11) is 0. The van der Waals surface area contributed by atoms with Crippen LogP contribution >= 0.6 is 0 Å². The molecule has 1 aromatic rings. The number of benzene rings is 1. The van der Waals surface area contributed by atoms with Crippen molar-refractivity contribution < 1.29 is 19.0 Å². The molecule has 0 unspecified atom stereocenters. The zero-order valence-electron chi connectivity index (χ0n) is 11.5. The molecule has 0 saturated carbocycles. The smallest absolute Gasteiger partial charge is 0.235 e. The molecule has 0 aromatic heterocycles. The first-order valence-corrected chi connectivity index (χ1v) is 6.25.